The lowest BCUT2D eigenvalue weighted by Crippen LogP contribution is -2.44. The molecule has 7 nitrogen and oxygen atoms in total. The second-order valence-electron chi connectivity index (χ2n) is 8.64. The van der Waals surface area contributed by atoms with Crippen LogP contribution >= 0.6 is 0 Å². The van der Waals surface area contributed by atoms with E-state index in [9.17, 15) is 4.79 Å². The van der Waals surface area contributed by atoms with Crippen molar-refractivity contribution >= 4 is 22.5 Å². The summed E-state index contributed by atoms with van der Waals surface area (Å²) in [4.78, 5) is 21.1. The Morgan fingerprint density at radius 3 is 2.71 bits per heavy atom. The van der Waals surface area contributed by atoms with Crippen LogP contribution in [0.5, 0.6) is 0 Å². The van der Waals surface area contributed by atoms with Crippen LogP contribution in [0.25, 0.3) is 22.0 Å². The predicted molar refractivity (Wildman–Crippen MR) is 121 cm³/mol. The van der Waals surface area contributed by atoms with Crippen LogP contribution in [-0.2, 0) is 16.1 Å². The number of carbonyl (C=O) groups excluding carboxylic acids is 1. The largest absolute Gasteiger partial charge is 0.381 e. The molecule has 1 atom stereocenters. The van der Waals surface area contributed by atoms with Gasteiger partial charge in [-0.1, -0.05) is 26.0 Å². The second-order valence-corrected chi connectivity index (χ2v) is 8.64. The van der Waals surface area contributed by atoms with E-state index in [0.717, 1.165) is 39.8 Å². The topological polar surface area (TPSA) is 99.4 Å². The Balaban J connectivity index is 1.79. The average molecular weight is 421 g/mol. The lowest BCUT2D eigenvalue weighted by atomic mass is 9.81. The van der Waals surface area contributed by atoms with Crippen LogP contribution < -0.4 is 11.1 Å². The maximum absolute atomic E-state index is 12.2. The molecule has 2 aromatic heterocycles. The molecule has 31 heavy (non-hydrogen) atoms. The van der Waals surface area contributed by atoms with Crippen LogP contribution in [0.4, 0.5) is 5.69 Å². The molecule has 162 valence electrons. The second kappa shape index (κ2) is 8.61. The minimum absolute atomic E-state index is 0.0819. The zero-order valence-electron chi connectivity index (χ0n) is 18.1. The quantitative estimate of drug-likeness (QED) is 0.630. The summed E-state index contributed by atoms with van der Waals surface area (Å²) in [5.41, 5.74) is 10.4. The van der Waals surface area contributed by atoms with Crippen molar-refractivity contribution < 1.29 is 14.3 Å². The van der Waals surface area contributed by atoms with Crippen molar-refractivity contribution in [1.82, 2.24) is 9.97 Å². The van der Waals surface area contributed by atoms with E-state index in [1.807, 2.05) is 36.5 Å². The minimum Gasteiger partial charge on any atom is -0.381 e. The molecule has 1 saturated heterocycles. The summed E-state index contributed by atoms with van der Waals surface area (Å²) in [7, 11) is 1.65. The number of primary amides is 1. The van der Waals surface area contributed by atoms with Gasteiger partial charge in [-0.05, 0) is 30.2 Å². The van der Waals surface area contributed by atoms with Gasteiger partial charge in [0.25, 0.3) is 5.91 Å². The molecule has 1 aliphatic heterocycles. The number of methoxy groups -OCH3 is 1. The van der Waals surface area contributed by atoms with E-state index >= 15 is 0 Å². The molecule has 7 heteroatoms. The van der Waals surface area contributed by atoms with Gasteiger partial charge >= 0.3 is 0 Å². The van der Waals surface area contributed by atoms with Crippen molar-refractivity contribution in [2.75, 3.05) is 25.6 Å². The van der Waals surface area contributed by atoms with Crippen LogP contribution in [-0.4, -0.2) is 42.2 Å². The molecule has 3 heterocycles. The molecule has 1 unspecified atom stereocenters. The summed E-state index contributed by atoms with van der Waals surface area (Å²) in [6.45, 7) is 6.13. The molecule has 0 saturated carbocycles. The third kappa shape index (κ3) is 4.38. The van der Waals surface area contributed by atoms with Gasteiger partial charge in [0.15, 0.2) is 0 Å². The van der Waals surface area contributed by atoms with Crippen LogP contribution in [0, 0.1) is 5.41 Å². The van der Waals surface area contributed by atoms with Gasteiger partial charge in [0.05, 0.1) is 35.7 Å². The zero-order valence-corrected chi connectivity index (χ0v) is 18.1. The number of benzene rings is 1. The standard InChI is InChI=1S/C24H28N4O3/c1-24(2)14-31-9-8-21(24)28-22-18-10-15(16-4-6-17(13-30-3)26-11-16)5-7-20(18)27-12-19(22)23(25)29/h4-7,10-12,21H,8-9,13-14H2,1-3H3,(H2,25,29)(H,27,28). The normalized spacial score (nSPS) is 18.1. The van der Waals surface area contributed by atoms with Crippen LogP contribution in [0.2, 0.25) is 0 Å². The number of hydrogen-bond donors (Lipinski definition) is 2. The molecule has 0 spiro atoms. The Kier molecular flexibility index (Phi) is 5.89. The number of nitrogens with two attached hydrogens (primary N) is 1. The Morgan fingerprint density at radius 1 is 1.23 bits per heavy atom. The summed E-state index contributed by atoms with van der Waals surface area (Å²) in [5, 5.41) is 4.47. The van der Waals surface area contributed by atoms with E-state index in [0.29, 0.717) is 25.4 Å². The Hall–Kier alpha value is -3.03. The summed E-state index contributed by atoms with van der Waals surface area (Å²) >= 11 is 0. The summed E-state index contributed by atoms with van der Waals surface area (Å²) < 4.78 is 10.8. The number of anilines is 1. The van der Waals surface area contributed by atoms with Crippen molar-refractivity contribution in [3.63, 3.8) is 0 Å². The molecule has 3 N–H and O–H groups in total. The number of ether oxygens (including phenoxy) is 2. The van der Waals surface area contributed by atoms with Gasteiger partial charge in [-0.3, -0.25) is 14.8 Å². The Morgan fingerprint density at radius 2 is 2.03 bits per heavy atom. The fourth-order valence-electron chi connectivity index (χ4n) is 4.01. The first-order valence-electron chi connectivity index (χ1n) is 10.4. The SMILES string of the molecule is COCc1ccc(-c2ccc3ncc(C(N)=O)c(NC4CCOCC4(C)C)c3c2)cn1. The first-order chi connectivity index (χ1) is 14.9. The highest BCUT2D eigenvalue weighted by molar-refractivity contribution is 6.07. The third-order valence-corrected chi connectivity index (χ3v) is 5.87. The Labute approximate surface area is 182 Å². The number of aromatic nitrogens is 2. The third-order valence-electron chi connectivity index (χ3n) is 5.87. The van der Waals surface area contributed by atoms with E-state index in [-0.39, 0.29) is 11.5 Å². The number of pyridine rings is 2. The van der Waals surface area contributed by atoms with Gasteiger partial charge in [0, 0.05) is 48.5 Å². The Bertz CT molecular complexity index is 1100. The zero-order chi connectivity index (χ0) is 22.0. The van der Waals surface area contributed by atoms with Crippen molar-refractivity contribution in [2.24, 2.45) is 11.1 Å². The van der Waals surface area contributed by atoms with Crippen LogP contribution in [0.3, 0.4) is 0 Å². The number of carbonyl (C=O) groups is 1. The summed E-state index contributed by atoms with van der Waals surface area (Å²) in [6, 6.07) is 10.1. The molecule has 0 bridgehead atoms. The molecule has 4 rings (SSSR count). The van der Waals surface area contributed by atoms with Crippen molar-refractivity contribution in [3.05, 3.63) is 54.0 Å². The molecule has 1 amide bonds. The molecule has 1 fully saturated rings. The van der Waals surface area contributed by atoms with Gasteiger partial charge in [0.1, 0.15) is 0 Å². The summed E-state index contributed by atoms with van der Waals surface area (Å²) in [5.74, 6) is -0.502. The van der Waals surface area contributed by atoms with E-state index < -0.39 is 5.91 Å². The van der Waals surface area contributed by atoms with Gasteiger partial charge in [-0.25, -0.2) is 0 Å². The van der Waals surface area contributed by atoms with E-state index in [1.54, 1.807) is 13.3 Å². The van der Waals surface area contributed by atoms with Gasteiger partial charge < -0.3 is 20.5 Å². The maximum Gasteiger partial charge on any atom is 0.252 e. The van der Waals surface area contributed by atoms with E-state index in [4.69, 9.17) is 15.2 Å². The minimum atomic E-state index is -0.502. The lowest BCUT2D eigenvalue weighted by Gasteiger charge is -2.39. The van der Waals surface area contributed by atoms with Gasteiger partial charge in [0.2, 0.25) is 0 Å². The van der Waals surface area contributed by atoms with Crippen molar-refractivity contribution in [3.8, 4) is 11.1 Å². The van der Waals surface area contributed by atoms with Crippen LogP contribution in [0.15, 0.2) is 42.7 Å². The number of nitrogens with one attached hydrogen (secondary N) is 1. The number of amides is 1. The van der Waals surface area contributed by atoms with Crippen molar-refractivity contribution in [1.29, 1.82) is 0 Å². The fourth-order valence-corrected chi connectivity index (χ4v) is 4.01. The highest BCUT2D eigenvalue weighted by Gasteiger charge is 2.34. The van der Waals surface area contributed by atoms with E-state index in [2.05, 4.69) is 29.1 Å². The maximum atomic E-state index is 12.2. The van der Waals surface area contributed by atoms with Crippen molar-refractivity contribution in [2.45, 2.75) is 32.9 Å². The summed E-state index contributed by atoms with van der Waals surface area (Å²) in [6.07, 6.45) is 4.23. The molecular weight excluding hydrogens is 392 g/mol. The molecule has 3 aromatic rings. The predicted octanol–water partition coefficient (Wildman–Crippen LogP) is 3.77. The highest BCUT2D eigenvalue weighted by atomic mass is 16.5. The molecule has 0 radical (unpaired) electrons. The fraction of sp³-hybridized carbons (Fsp3) is 0.375. The molecule has 1 aliphatic rings. The molecule has 1 aromatic carbocycles. The first kappa shape index (κ1) is 21.2. The number of nitrogens with zero attached hydrogens (tertiary/aromatic N) is 2. The monoisotopic (exact) mass is 420 g/mol. The lowest BCUT2D eigenvalue weighted by molar-refractivity contribution is 0.00349. The first-order valence-corrected chi connectivity index (χ1v) is 10.4. The smallest absolute Gasteiger partial charge is 0.252 e. The average Bonchev–Trinajstić information content (AvgIpc) is 2.75. The number of rotatable bonds is 6. The molecule has 0 aliphatic carbocycles. The van der Waals surface area contributed by atoms with E-state index in [1.165, 1.54) is 0 Å². The number of fused-ring (bicyclic) bond motifs is 1. The molecular formula is C24H28N4O3. The van der Waals surface area contributed by atoms with Crippen LogP contribution in [0.1, 0.15) is 36.3 Å². The number of hydrogen-bond acceptors (Lipinski definition) is 6. The van der Waals surface area contributed by atoms with Gasteiger partial charge in [-0.15, -0.1) is 0 Å². The van der Waals surface area contributed by atoms with Gasteiger partial charge in [-0.2, -0.15) is 0 Å². The highest BCUT2D eigenvalue weighted by Crippen LogP contribution is 2.35.